The van der Waals surface area contributed by atoms with Gasteiger partial charge in [-0.05, 0) is 95.2 Å². The Bertz CT molecular complexity index is 1110. The molecule has 0 saturated carbocycles. The minimum Gasteiger partial charge on any atom is -0.494 e. The van der Waals surface area contributed by atoms with Crippen molar-refractivity contribution in [3.63, 3.8) is 0 Å². The highest BCUT2D eigenvalue weighted by molar-refractivity contribution is 14.1. The number of esters is 1. The standard InChI is InChI=1S/C26H25IN2O5/c1-2-3-16-32-20-12-14-21(15-13-20)33-18-25(30)29-28-17-19-8-10-22(11-9-19)34-26(31)23-6-4-5-7-24(23)27/h4-15,17H,2-3,16,18H2,1H3,(H,29,30). The van der Waals surface area contributed by atoms with Crippen LogP contribution in [0.4, 0.5) is 0 Å². The van der Waals surface area contributed by atoms with E-state index in [9.17, 15) is 9.59 Å². The van der Waals surface area contributed by atoms with E-state index >= 15 is 0 Å². The molecule has 0 aliphatic rings. The third-order valence-electron chi connectivity index (χ3n) is 4.55. The van der Waals surface area contributed by atoms with Crippen LogP contribution in [0.15, 0.2) is 77.9 Å². The molecule has 8 heteroatoms. The lowest BCUT2D eigenvalue weighted by atomic mass is 10.2. The van der Waals surface area contributed by atoms with E-state index in [1.54, 1.807) is 48.5 Å². The highest BCUT2D eigenvalue weighted by Crippen LogP contribution is 2.18. The van der Waals surface area contributed by atoms with Crippen LogP contribution >= 0.6 is 22.6 Å². The van der Waals surface area contributed by atoms with Crippen molar-refractivity contribution >= 4 is 40.7 Å². The minimum absolute atomic E-state index is 0.166. The summed E-state index contributed by atoms with van der Waals surface area (Å²) in [6.07, 6.45) is 3.57. The Morgan fingerprint density at radius 2 is 1.56 bits per heavy atom. The first kappa shape index (κ1) is 25.2. The molecule has 0 spiro atoms. The van der Waals surface area contributed by atoms with Gasteiger partial charge in [0.05, 0.1) is 18.4 Å². The third kappa shape index (κ3) is 8.18. The smallest absolute Gasteiger partial charge is 0.344 e. The van der Waals surface area contributed by atoms with Crippen LogP contribution < -0.4 is 19.6 Å². The summed E-state index contributed by atoms with van der Waals surface area (Å²) in [6.45, 7) is 2.62. The van der Waals surface area contributed by atoms with E-state index in [4.69, 9.17) is 14.2 Å². The number of carbonyl (C=O) groups excluding carboxylic acids is 2. The maximum atomic E-state index is 12.3. The highest BCUT2D eigenvalue weighted by Gasteiger charge is 2.11. The van der Waals surface area contributed by atoms with Crippen molar-refractivity contribution in [1.29, 1.82) is 0 Å². The van der Waals surface area contributed by atoms with Crippen molar-refractivity contribution in [2.24, 2.45) is 5.10 Å². The summed E-state index contributed by atoms with van der Waals surface area (Å²) in [4.78, 5) is 24.2. The SMILES string of the molecule is CCCCOc1ccc(OCC(=O)NN=Cc2ccc(OC(=O)c3ccccc3I)cc2)cc1. The molecule has 7 nitrogen and oxygen atoms in total. The van der Waals surface area contributed by atoms with Gasteiger partial charge in [-0.25, -0.2) is 10.2 Å². The molecule has 0 heterocycles. The van der Waals surface area contributed by atoms with Gasteiger partial charge in [0.25, 0.3) is 5.91 Å². The van der Waals surface area contributed by atoms with Crippen LogP contribution in [-0.2, 0) is 4.79 Å². The summed E-state index contributed by atoms with van der Waals surface area (Å²) in [7, 11) is 0. The van der Waals surface area contributed by atoms with Gasteiger partial charge in [-0.3, -0.25) is 4.79 Å². The monoisotopic (exact) mass is 572 g/mol. The quantitative estimate of drug-likeness (QED) is 0.0851. The molecule has 176 valence electrons. The van der Waals surface area contributed by atoms with Gasteiger partial charge < -0.3 is 14.2 Å². The predicted molar refractivity (Wildman–Crippen MR) is 139 cm³/mol. The number of nitrogens with one attached hydrogen (secondary N) is 1. The van der Waals surface area contributed by atoms with Crippen LogP contribution in [0.25, 0.3) is 0 Å². The van der Waals surface area contributed by atoms with Crippen molar-refractivity contribution in [2.75, 3.05) is 13.2 Å². The topological polar surface area (TPSA) is 86.2 Å². The molecular formula is C26H25IN2O5. The van der Waals surface area contributed by atoms with Crippen LogP contribution in [-0.4, -0.2) is 31.3 Å². The number of hydrazone groups is 1. The molecule has 3 rings (SSSR count). The van der Waals surface area contributed by atoms with Crippen molar-refractivity contribution in [1.82, 2.24) is 5.43 Å². The Balaban J connectivity index is 1.41. The van der Waals surface area contributed by atoms with Crippen LogP contribution in [0.3, 0.4) is 0 Å². The summed E-state index contributed by atoms with van der Waals surface area (Å²) in [6, 6.07) is 21.1. The molecule has 1 N–H and O–H groups in total. The van der Waals surface area contributed by atoms with Crippen LogP contribution in [0, 0.1) is 3.57 Å². The summed E-state index contributed by atoms with van der Waals surface area (Å²) >= 11 is 2.09. The second-order valence-electron chi connectivity index (χ2n) is 7.19. The number of halogens is 1. The maximum absolute atomic E-state index is 12.3. The van der Waals surface area contributed by atoms with E-state index in [1.165, 1.54) is 6.21 Å². The fourth-order valence-corrected chi connectivity index (χ4v) is 3.34. The van der Waals surface area contributed by atoms with Crippen molar-refractivity contribution < 1.29 is 23.8 Å². The Labute approximate surface area is 212 Å². The molecule has 0 aromatic heterocycles. The lowest BCUT2D eigenvalue weighted by Crippen LogP contribution is -2.24. The van der Waals surface area contributed by atoms with E-state index in [1.807, 2.05) is 24.3 Å². The first-order valence-corrected chi connectivity index (χ1v) is 11.9. The third-order valence-corrected chi connectivity index (χ3v) is 5.49. The molecule has 0 saturated heterocycles. The lowest BCUT2D eigenvalue weighted by Gasteiger charge is -2.08. The zero-order chi connectivity index (χ0) is 24.2. The van der Waals surface area contributed by atoms with E-state index in [0.29, 0.717) is 23.7 Å². The van der Waals surface area contributed by atoms with E-state index < -0.39 is 5.97 Å². The Morgan fingerprint density at radius 1 is 0.912 bits per heavy atom. The van der Waals surface area contributed by atoms with Gasteiger partial charge in [0.2, 0.25) is 0 Å². The average Bonchev–Trinajstić information content (AvgIpc) is 2.85. The molecule has 34 heavy (non-hydrogen) atoms. The largest absolute Gasteiger partial charge is 0.494 e. The highest BCUT2D eigenvalue weighted by atomic mass is 127. The number of rotatable bonds is 11. The summed E-state index contributed by atoms with van der Waals surface area (Å²) in [5.41, 5.74) is 3.66. The number of hydrogen-bond donors (Lipinski definition) is 1. The number of nitrogens with zero attached hydrogens (tertiary/aromatic N) is 1. The van der Waals surface area contributed by atoms with Crippen LogP contribution in [0.2, 0.25) is 0 Å². The molecule has 0 fully saturated rings. The molecule has 0 aliphatic carbocycles. The van der Waals surface area contributed by atoms with Gasteiger partial charge >= 0.3 is 5.97 Å². The number of amides is 1. The maximum Gasteiger partial charge on any atom is 0.344 e. The molecular weight excluding hydrogens is 547 g/mol. The zero-order valence-corrected chi connectivity index (χ0v) is 20.9. The Morgan fingerprint density at radius 3 is 2.24 bits per heavy atom. The number of benzene rings is 3. The summed E-state index contributed by atoms with van der Waals surface area (Å²) in [5.74, 6) is 0.948. The second-order valence-corrected chi connectivity index (χ2v) is 8.36. The Kier molecular flexibility index (Phi) is 9.90. The fourth-order valence-electron chi connectivity index (χ4n) is 2.74. The molecule has 0 radical (unpaired) electrons. The van der Waals surface area contributed by atoms with Gasteiger partial charge in [-0.15, -0.1) is 0 Å². The molecule has 1 amide bonds. The molecule has 3 aromatic rings. The summed E-state index contributed by atoms with van der Waals surface area (Å²) < 4.78 is 17.3. The zero-order valence-electron chi connectivity index (χ0n) is 18.7. The van der Waals surface area contributed by atoms with E-state index in [0.717, 1.165) is 27.7 Å². The molecule has 3 aromatic carbocycles. The number of hydrogen-bond acceptors (Lipinski definition) is 6. The average molecular weight is 572 g/mol. The lowest BCUT2D eigenvalue weighted by molar-refractivity contribution is -0.123. The molecule has 0 unspecified atom stereocenters. The summed E-state index contributed by atoms with van der Waals surface area (Å²) in [5, 5.41) is 3.93. The Hall–Kier alpha value is -3.40. The van der Waals surface area contributed by atoms with Crippen molar-refractivity contribution in [2.45, 2.75) is 19.8 Å². The fraction of sp³-hybridized carbons (Fsp3) is 0.192. The predicted octanol–water partition coefficient (Wildman–Crippen LogP) is 5.22. The second kappa shape index (κ2) is 13.3. The number of unbranched alkanes of at least 4 members (excludes halogenated alkanes) is 1. The van der Waals surface area contributed by atoms with Crippen molar-refractivity contribution in [3.8, 4) is 17.2 Å². The molecule has 0 atom stereocenters. The first-order chi connectivity index (χ1) is 16.5. The van der Waals surface area contributed by atoms with E-state index in [2.05, 4.69) is 40.0 Å². The number of ether oxygens (including phenoxy) is 3. The van der Waals surface area contributed by atoms with Gasteiger partial charge in [-0.1, -0.05) is 25.5 Å². The molecule has 0 bridgehead atoms. The first-order valence-electron chi connectivity index (χ1n) is 10.8. The van der Waals surface area contributed by atoms with Gasteiger partial charge in [-0.2, -0.15) is 5.10 Å². The number of carbonyl (C=O) groups is 2. The van der Waals surface area contributed by atoms with Gasteiger partial charge in [0.15, 0.2) is 6.61 Å². The minimum atomic E-state index is -0.419. The van der Waals surface area contributed by atoms with Crippen molar-refractivity contribution in [3.05, 3.63) is 87.5 Å². The van der Waals surface area contributed by atoms with Gasteiger partial charge in [0, 0.05) is 3.57 Å². The normalized spacial score (nSPS) is 10.6. The van der Waals surface area contributed by atoms with Crippen LogP contribution in [0.5, 0.6) is 17.2 Å². The van der Waals surface area contributed by atoms with Gasteiger partial charge in [0.1, 0.15) is 17.2 Å². The van der Waals surface area contributed by atoms with Crippen LogP contribution in [0.1, 0.15) is 35.7 Å². The van der Waals surface area contributed by atoms with E-state index in [-0.39, 0.29) is 12.5 Å². The molecule has 0 aliphatic heterocycles.